The molecule has 2 heterocycles. The highest BCUT2D eigenvalue weighted by atomic mass is 35.5. The number of benzene rings is 1. The van der Waals surface area contributed by atoms with E-state index in [1.165, 1.54) is 0 Å². The van der Waals surface area contributed by atoms with Gasteiger partial charge < -0.3 is 9.47 Å². The van der Waals surface area contributed by atoms with Gasteiger partial charge in [0.05, 0.1) is 36.2 Å². The van der Waals surface area contributed by atoms with Gasteiger partial charge in [0.15, 0.2) is 17.5 Å². The molecule has 23 heavy (non-hydrogen) atoms. The summed E-state index contributed by atoms with van der Waals surface area (Å²) in [6.45, 7) is 0.460. The molecule has 4 rings (SSSR count). The van der Waals surface area contributed by atoms with Gasteiger partial charge in [-0.3, -0.25) is 4.79 Å². The minimum Gasteiger partial charge on any atom is -0.349 e. The van der Waals surface area contributed by atoms with Crippen LogP contribution in [-0.4, -0.2) is 24.8 Å². The van der Waals surface area contributed by atoms with Gasteiger partial charge in [0.1, 0.15) is 0 Å². The molecule has 1 saturated carbocycles. The largest absolute Gasteiger partial charge is 0.349 e. The molecule has 116 valence electrons. The van der Waals surface area contributed by atoms with Crippen LogP contribution in [0.2, 0.25) is 5.02 Å². The van der Waals surface area contributed by atoms with Gasteiger partial charge in [-0.2, -0.15) is 10.5 Å². The molecule has 2 bridgehead atoms. The van der Waals surface area contributed by atoms with E-state index in [0.717, 1.165) is 0 Å². The van der Waals surface area contributed by atoms with Crippen LogP contribution in [0, 0.1) is 39.4 Å². The van der Waals surface area contributed by atoms with E-state index in [4.69, 9.17) is 21.1 Å². The van der Waals surface area contributed by atoms with E-state index in [-0.39, 0.29) is 11.9 Å². The molecule has 3 aliphatic rings. The van der Waals surface area contributed by atoms with Crippen LogP contribution in [0.1, 0.15) is 23.2 Å². The minimum absolute atomic E-state index is 0.00703. The Morgan fingerprint density at radius 2 is 1.96 bits per heavy atom. The van der Waals surface area contributed by atoms with Crippen molar-refractivity contribution >= 4 is 17.4 Å². The Morgan fingerprint density at radius 3 is 2.61 bits per heavy atom. The second-order valence-corrected chi connectivity index (χ2v) is 6.77. The normalized spacial score (nSPS) is 36.2. The number of nitriles is 2. The van der Waals surface area contributed by atoms with Crippen molar-refractivity contribution in [1.29, 1.82) is 10.5 Å². The Kier molecular flexibility index (Phi) is 3.05. The molecule has 2 saturated heterocycles. The van der Waals surface area contributed by atoms with E-state index in [0.29, 0.717) is 30.0 Å². The van der Waals surface area contributed by atoms with Gasteiger partial charge in [-0.15, -0.1) is 0 Å². The summed E-state index contributed by atoms with van der Waals surface area (Å²) in [5.41, 5.74) is -1.80. The fourth-order valence-corrected chi connectivity index (χ4v) is 4.31. The molecular formula is C17H13ClN2O3. The molecule has 1 aromatic rings. The highest BCUT2D eigenvalue weighted by molar-refractivity contribution is 6.30. The molecule has 1 aliphatic carbocycles. The predicted octanol–water partition coefficient (Wildman–Crippen LogP) is 2.71. The Morgan fingerprint density at radius 1 is 1.26 bits per heavy atom. The predicted molar refractivity (Wildman–Crippen MR) is 79.2 cm³/mol. The second kappa shape index (κ2) is 4.79. The van der Waals surface area contributed by atoms with Crippen molar-refractivity contribution in [3.8, 4) is 12.1 Å². The highest BCUT2D eigenvalue weighted by Crippen LogP contribution is 2.76. The van der Waals surface area contributed by atoms with Crippen LogP contribution in [0.25, 0.3) is 0 Å². The summed E-state index contributed by atoms with van der Waals surface area (Å²) in [7, 11) is 0. The number of rotatable bonds is 2. The molecule has 3 fully saturated rings. The third-order valence-corrected chi connectivity index (χ3v) is 5.64. The van der Waals surface area contributed by atoms with E-state index in [2.05, 4.69) is 12.1 Å². The maximum Gasteiger partial charge on any atom is 0.169 e. The number of hydrogen-bond donors (Lipinski definition) is 0. The molecular weight excluding hydrogens is 316 g/mol. The van der Waals surface area contributed by atoms with Crippen molar-refractivity contribution in [2.45, 2.75) is 25.2 Å². The number of ether oxygens (including phenoxy) is 2. The van der Waals surface area contributed by atoms with E-state index in [1.807, 2.05) is 0 Å². The zero-order valence-corrected chi connectivity index (χ0v) is 12.9. The number of nitrogens with zero attached hydrogens (tertiary/aromatic N) is 2. The molecule has 1 spiro atoms. The second-order valence-electron chi connectivity index (χ2n) is 6.34. The van der Waals surface area contributed by atoms with Crippen molar-refractivity contribution in [3.63, 3.8) is 0 Å². The first-order valence-corrected chi connectivity index (χ1v) is 7.86. The van der Waals surface area contributed by atoms with Gasteiger partial charge in [0.2, 0.25) is 0 Å². The van der Waals surface area contributed by atoms with Crippen molar-refractivity contribution < 1.29 is 14.3 Å². The topological polar surface area (TPSA) is 83.1 Å². The SMILES string of the molecule is N#CC1(C#N)[C@H](C(=O)c2ccc(Cl)cc2)[C@@]12CC[C@H]1CO[C@H]2O1. The average molecular weight is 329 g/mol. The van der Waals surface area contributed by atoms with Crippen LogP contribution in [-0.2, 0) is 9.47 Å². The number of carbonyl (C=O) groups is 1. The molecule has 5 nitrogen and oxygen atoms in total. The van der Waals surface area contributed by atoms with Crippen LogP contribution in [0.5, 0.6) is 0 Å². The summed E-state index contributed by atoms with van der Waals surface area (Å²) in [6.07, 6.45) is 0.647. The van der Waals surface area contributed by atoms with E-state index in [1.54, 1.807) is 24.3 Å². The van der Waals surface area contributed by atoms with Gasteiger partial charge >= 0.3 is 0 Å². The lowest BCUT2D eigenvalue weighted by Gasteiger charge is -2.29. The fraction of sp³-hybridized carbons (Fsp3) is 0.471. The highest BCUT2D eigenvalue weighted by Gasteiger charge is 2.86. The average Bonchev–Trinajstić information content (AvgIpc) is 2.94. The smallest absolute Gasteiger partial charge is 0.169 e. The van der Waals surface area contributed by atoms with Crippen LogP contribution < -0.4 is 0 Å². The number of Topliss-reactive ketones (excluding diaryl/α,β-unsaturated/α-hetero) is 1. The number of ketones is 1. The van der Waals surface area contributed by atoms with Gasteiger partial charge in [-0.05, 0) is 37.1 Å². The third-order valence-electron chi connectivity index (χ3n) is 5.39. The van der Waals surface area contributed by atoms with Crippen molar-refractivity contribution in [3.05, 3.63) is 34.9 Å². The summed E-state index contributed by atoms with van der Waals surface area (Å²) in [6, 6.07) is 10.7. The molecule has 4 atom stereocenters. The molecule has 2 aliphatic heterocycles. The van der Waals surface area contributed by atoms with Gasteiger partial charge in [0, 0.05) is 10.6 Å². The maximum absolute atomic E-state index is 12.9. The quantitative estimate of drug-likeness (QED) is 0.779. The van der Waals surface area contributed by atoms with Gasteiger partial charge in [0.25, 0.3) is 0 Å². The molecule has 0 amide bonds. The van der Waals surface area contributed by atoms with E-state index < -0.39 is 23.0 Å². The summed E-state index contributed by atoms with van der Waals surface area (Å²) < 4.78 is 11.4. The first kappa shape index (κ1) is 14.7. The summed E-state index contributed by atoms with van der Waals surface area (Å²) in [5.74, 6) is -0.947. The minimum atomic E-state index is -1.39. The Labute approximate surface area is 138 Å². The molecule has 6 heteroatoms. The standard InChI is InChI=1S/C17H13ClN2O3/c18-11-3-1-10(2-4-11)13(21)14-16(8-19,9-20)17(14)6-5-12-7-22-15(17)23-12/h1-4,12,14-15H,5-7H2/t12-,14-,15-,17+/m0/s1. The molecule has 0 unspecified atom stereocenters. The Balaban J connectivity index is 1.75. The number of halogens is 1. The summed E-state index contributed by atoms with van der Waals surface area (Å²) in [4.78, 5) is 12.9. The van der Waals surface area contributed by atoms with Crippen LogP contribution in [0.3, 0.4) is 0 Å². The number of carbonyl (C=O) groups excluding carboxylic acids is 1. The Hall–Kier alpha value is -1.92. The first-order valence-electron chi connectivity index (χ1n) is 7.48. The van der Waals surface area contributed by atoms with Crippen LogP contribution in [0.15, 0.2) is 24.3 Å². The van der Waals surface area contributed by atoms with E-state index in [9.17, 15) is 15.3 Å². The summed E-state index contributed by atoms with van der Waals surface area (Å²) in [5, 5.41) is 19.8. The number of fused-ring (bicyclic) bond motifs is 3. The van der Waals surface area contributed by atoms with Crippen molar-refractivity contribution in [2.24, 2.45) is 16.7 Å². The lowest BCUT2D eigenvalue weighted by molar-refractivity contribution is -0.140. The lowest BCUT2D eigenvalue weighted by atomic mass is 9.86. The van der Waals surface area contributed by atoms with Crippen LogP contribution >= 0.6 is 11.6 Å². The van der Waals surface area contributed by atoms with E-state index >= 15 is 0 Å². The molecule has 0 aromatic heterocycles. The molecule has 0 radical (unpaired) electrons. The fourth-order valence-electron chi connectivity index (χ4n) is 4.18. The maximum atomic E-state index is 12.9. The molecule has 1 aromatic carbocycles. The summed E-state index contributed by atoms with van der Waals surface area (Å²) >= 11 is 5.86. The van der Waals surface area contributed by atoms with Gasteiger partial charge in [-0.25, -0.2) is 0 Å². The zero-order chi connectivity index (χ0) is 16.2. The number of hydrogen-bond acceptors (Lipinski definition) is 5. The third kappa shape index (κ3) is 1.70. The monoisotopic (exact) mass is 328 g/mol. The molecule has 0 N–H and O–H groups in total. The van der Waals surface area contributed by atoms with Crippen LogP contribution in [0.4, 0.5) is 0 Å². The lowest BCUT2D eigenvalue weighted by Crippen LogP contribution is -2.35. The zero-order valence-electron chi connectivity index (χ0n) is 12.2. The van der Waals surface area contributed by atoms with Crippen molar-refractivity contribution in [2.75, 3.05) is 6.61 Å². The Bertz CT molecular complexity index is 750. The van der Waals surface area contributed by atoms with Gasteiger partial charge in [-0.1, -0.05) is 11.6 Å². The van der Waals surface area contributed by atoms with Crippen molar-refractivity contribution in [1.82, 2.24) is 0 Å². The first-order chi connectivity index (χ1) is 11.1.